The Hall–Kier alpha value is -3.68. The third kappa shape index (κ3) is 8.07. The Morgan fingerprint density at radius 3 is 2.50 bits per heavy atom. The number of hydrogen-bond acceptors (Lipinski definition) is 8. The van der Waals surface area contributed by atoms with E-state index in [1.165, 1.54) is 47.6 Å². The number of ether oxygens (including phenoxy) is 3. The first-order chi connectivity index (χ1) is 20.9. The highest BCUT2D eigenvalue weighted by atomic mass is 35.5. The Morgan fingerprint density at radius 2 is 1.84 bits per heavy atom. The SMILES string of the molecule is CS(=O)(=O)Nc1ccc2c(c1)C(=O)N(CC(=O)OC(Cc1c(Cl)cncc1Cl)c1ccc(OC(F)F)c(OCC3CC3)c1)C2. The number of amides is 1. The number of benzene rings is 2. The van der Waals surface area contributed by atoms with Gasteiger partial charge in [0.05, 0.1) is 22.9 Å². The van der Waals surface area contributed by atoms with Gasteiger partial charge in [-0.15, -0.1) is 0 Å². The van der Waals surface area contributed by atoms with Gasteiger partial charge in [-0.25, -0.2) is 8.42 Å². The van der Waals surface area contributed by atoms with Gasteiger partial charge in [-0.05, 0) is 59.7 Å². The Labute approximate surface area is 262 Å². The highest BCUT2D eigenvalue weighted by Gasteiger charge is 2.31. The first-order valence-electron chi connectivity index (χ1n) is 13.4. The molecule has 1 aliphatic carbocycles. The van der Waals surface area contributed by atoms with E-state index in [-0.39, 0.29) is 45.8 Å². The highest BCUT2D eigenvalue weighted by Crippen LogP contribution is 2.38. The van der Waals surface area contributed by atoms with E-state index in [0.717, 1.165) is 19.1 Å². The smallest absolute Gasteiger partial charge is 0.387 e. The van der Waals surface area contributed by atoms with Crippen LogP contribution in [0.1, 0.15) is 46.0 Å². The van der Waals surface area contributed by atoms with Crippen molar-refractivity contribution in [3.05, 3.63) is 81.1 Å². The topological polar surface area (TPSA) is 124 Å². The monoisotopic (exact) mass is 669 g/mol. The molecule has 1 unspecified atom stereocenters. The first-order valence-corrected chi connectivity index (χ1v) is 16.1. The van der Waals surface area contributed by atoms with Crippen LogP contribution < -0.4 is 14.2 Å². The van der Waals surface area contributed by atoms with Gasteiger partial charge < -0.3 is 19.1 Å². The van der Waals surface area contributed by atoms with Crippen LogP contribution in [-0.2, 0) is 32.5 Å². The molecule has 0 saturated heterocycles. The van der Waals surface area contributed by atoms with Crippen LogP contribution in [0.4, 0.5) is 14.5 Å². The van der Waals surface area contributed by atoms with Crippen molar-refractivity contribution in [3.63, 3.8) is 0 Å². The van der Waals surface area contributed by atoms with Crippen LogP contribution in [0, 0.1) is 5.92 Å². The molecule has 1 aromatic heterocycles. The second-order valence-electron chi connectivity index (χ2n) is 10.5. The van der Waals surface area contributed by atoms with Crippen LogP contribution in [0.5, 0.6) is 11.5 Å². The molecule has 2 aliphatic rings. The summed E-state index contributed by atoms with van der Waals surface area (Å²) in [5.41, 5.74) is 1.91. The molecule has 0 radical (unpaired) electrons. The third-order valence-corrected chi connectivity index (χ3v) is 8.21. The largest absolute Gasteiger partial charge is 0.489 e. The number of sulfonamides is 1. The number of hydrogen-bond donors (Lipinski definition) is 1. The van der Waals surface area contributed by atoms with Crippen molar-refractivity contribution in [1.82, 2.24) is 9.88 Å². The number of pyridine rings is 1. The minimum absolute atomic E-state index is 0.00225. The normalized spacial score (nSPS) is 15.2. The van der Waals surface area contributed by atoms with E-state index in [4.69, 9.17) is 32.7 Å². The van der Waals surface area contributed by atoms with Crippen LogP contribution in [0.3, 0.4) is 0 Å². The third-order valence-electron chi connectivity index (χ3n) is 6.95. The van der Waals surface area contributed by atoms with E-state index in [1.54, 1.807) is 6.07 Å². The molecule has 1 amide bonds. The molecule has 0 bridgehead atoms. The average Bonchev–Trinajstić information content (AvgIpc) is 3.72. The van der Waals surface area contributed by atoms with Gasteiger partial charge in [0, 0.05) is 36.6 Å². The Morgan fingerprint density at radius 1 is 1.11 bits per heavy atom. The lowest BCUT2D eigenvalue weighted by atomic mass is 10.0. The molecule has 2 aromatic carbocycles. The molecule has 234 valence electrons. The molecule has 1 aliphatic heterocycles. The maximum Gasteiger partial charge on any atom is 0.387 e. The number of aromatic nitrogens is 1. The molecular formula is C29H27Cl2F2N3O7S. The van der Waals surface area contributed by atoms with Gasteiger partial charge in [0.25, 0.3) is 5.91 Å². The molecular weight excluding hydrogens is 643 g/mol. The zero-order valence-corrected chi connectivity index (χ0v) is 25.6. The fraction of sp³-hybridized carbons (Fsp3) is 0.345. The summed E-state index contributed by atoms with van der Waals surface area (Å²) in [5.74, 6) is -1.03. The van der Waals surface area contributed by atoms with Crippen molar-refractivity contribution in [2.45, 2.75) is 38.5 Å². The molecule has 0 spiro atoms. The molecule has 2 heterocycles. The van der Waals surface area contributed by atoms with E-state index in [1.807, 2.05) is 0 Å². The summed E-state index contributed by atoms with van der Waals surface area (Å²) in [6.07, 6.45) is 4.69. The number of alkyl halides is 2. The number of rotatable bonds is 13. The Kier molecular flexibility index (Phi) is 9.47. The second kappa shape index (κ2) is 13.1. The molecule has 15 heteroatoms. The van der Waals surface area contributed by atoms with Crippen molar-refractivity contribution < 1.29 is 41.0 Å². The quantitative estimate of drug-likeness (QED) is 0.232. The molecule has 1 N–H and O–H groups in total. The van der Waals surface area contributed by atoms with Gasteiger partial charge in [-0.3, -0.25) is 19.3 Å². The number of esters is 1. The zero-order chi connectivity index (χ0) is 31.6. The molecule has 1 fully saturated rings. The number of nitrogens with one attached hydrogen (secondary N) is 1. The predicted octanol–water partition coefficient (Wildman–Crippen LogP) is 5.63. The minimum Gasteiger partial charge on any atom is -0.489 e. The van der Waals surface area contributed by atoms with Crippen LogP contribution in [-0.4, -0.2) is 56.2 Å². The van der Waals surface area contributed by atoms with Gasteiger partial charge in [0.15, 0.2) is 11.5 Å². The van der Waals surface area contributed by atoms with Crippen molar-refractivity contribution in [2.24, 2.45) is 5.92 Å². The molecule has 3 aromatic rings. The van der Waals surface area contributed by atoms with E-state index in [2.05, 4.69) is 14.4 Å². The lowest BCUT2D eigenvalue weighted by Gasteiger charge is -2.23. The van der Waals surface area contributed by atoms with Gasteiger partial charge in [0.1, 0.15) is 12.6 Å². The average molecular weight is 671 g/mol. The molecule has 1 saturated carbocycles. The van der Waals surface area contributed by atoms with Crippen molar-refractivity contribution in [2.75, 3.05) is 24.1 Å². The van der Waals surface area contributed by atoms with Gasteiger partial charge in [0.2, 0.25) is 10.0 Å². The number of nitrogens with zero attached hydrogens (tertiary/aromatic N) is 2. The predicted molar refractivity (Wildman–Crippen MR) is 158 cm³/mol. The van der Waals surface area contributed by atoms with E-state index in [9.17, 15) is 26.8 Å². The Bertz CT molecular complexity index is 1670. The number of fused-ring (bicyclic) bond motifs is 1. The fourth-order valence-corrected chi connectivity index (χ4v) is 5.76. The lowest BCUT2D eigenvalue weighted by Crippen LogP contribution is -2.32. The Balaban J connectivity index is 1.38. The van der Waals surface area contributed by atoms with E-state index in [0.29, 0.717) is 29.2 Å². The van der Waals surface area contributed by atoms with Crippen LogP contribution in [0.15, 0.2) is 48.8 Å². The molecule has 5 rings (SSSR count). The van der Waals surface area contributed by atoms with Crippen LogP contribution in [0.25, 0.3) is 0 Å². The standard InChI is InChI=1S/C29H27Cl2F2N3O7S/c1-44(39,40)35-19-6-4-18-13-36(28(38)20(18)9-19)14-27(37)42-25(10-21-22(30)11-34-12-23(21)31)17-5-7-24(43-29(32)33)26(8-17)41-15-16-2-3-16/h4-9,11-12,16,25,29,35H,2-3,10,13-15H2,1H3. The summed E-state index contributed by atoms with van der Waals surface area (Å²) in [4.78, 5) is 31.6. The van der Waals surface area contributed by atoms with Crippen molar-refractivity contribution >= 4 is 50.8 Å². The number of anilines is 1. The molecule has 1 atom stereocenters. The lowest BCUT2D eigenvalue weighted by molar-refractivity contribution is -0.150. The number of halogens is 4. The molecule has 10 nitrogen and oxygen atoms in total. The van der Waals surface area contributed by atoms with E-state index >= 15 is 0 Å². The summed E-state index contributed by atoms with van der Waals surface area (Å²) >= 11 is 12.7. The van der Waals surface area contributed by atoms with Crippen molar-refractivity contribution in [3.8, 4) is 11.5 Å². The number of carbonyl (C=O) groups is 2. The van der Waals surface area contributed by atoms with Crippen molar-refractivity contribution in [1.29, 1.82) is 0 Å². The summed E-state index contributed by atoms with van der Waals surface area (Å²) in [6.45, 7) is -3.08. The van der Waals surface area contributed by atoms with E-state index < -0.39 is 41.2 Å². The summed E-state index contributed by atoms with van der Waals surface area (Å²) in [7, 11) is -3.56. The second-order valence-corrected chi connectivity index (χ2v) is 13.1. The molecule has 44 heavy (non-hydrogen) atoms. The number of carbonyl (C=O) groups excluding carboxylic acids is 2. The maximum atomic E-state index is 13.3. The van der Waals surface area contributed by atoms with Gasteiger partial charge in [-0.2, -0.15) is 8.78 Å². The fourth-order valence-electron chi connectivity index (χ4n) is 4.69. The highest BCUT2D eigenvalue weighted by molar-refractivity contribution is 7.92. The zero-order valence-electron chi connectivity index (χ0n) is 23.3. The van der Waals surface area contributed by atoms with Gasteiger partial charge >= 0.3 is 12.6 Å². The summed E-state index contributed by atoms with van der Waals surface area (Å²) in [6, 6.07) is 8.78. The van der Waals surface area contributed by atoms with Gasteiger partial charge in [-0.1, -0.05) is 35.3 Å². The van der Waals surface area contributed by atoms with Crippen LogP contribution in [0.2, 0.25) is 10.0 Å². The summed E-state index contributed by atoms with van der Waals surface area (Å²) < 4.78 is 68.0. The maximum absolute atomic E-state index is 13.3. The van der Waals surface area contributed by atoms with Crippen LogP contribution >= 0.6 is 23.2 Å². The minimum atomic E-state index is -3.56. The first kappa shape index (κ1) is 31.7. The summed E-state index contributed by atoms with van der Waals surface area (Å²) in [5, 5.41) is 0.454.